The predicted octanol–water partition coefficient (Wildman–Crippen LogP) is 3.47. The lowest BCUT2D eigenvalue weighted by atomic mass is 10.1. The maximum absolute atomic E-state index is 11.9. The molecule has 0 fully saturated rings. The number of benzene rings is 1. The van der Waals surface area contributed by atoms with E-state index in [2.05, 4.69) is 0 Å². The second-order valence-electron chi connectivity index (χ2n) is 3.45. The van der Waals surface area contributed by atoms with Gasteiger partial charge in [0, 0.05) is 5.75 Å². The molecule has 0 atom stereocenters. The van der Waals surface area contributed by atoms with Crippen molar-refractivity contribution in [1.29, 1.82) is 0 Å². The molecule has 18 heavy (non-hydrogen) atoms. The van der Waals surface area contributed by atoms with Gasteiger partial charge in [0.05, 0.1) is 11.6 Å². The van der Waals surface area contributed by atoms with Gasteiger partial charge in [-0.1, -0.05) is 17.7 Å². The van der Waals surface area contributed by atoms with E-state index >= 15 is 0 Å². The summed E-state index contributed by atoms with van der Waals surface area (Å²) in [5.74, 6) is 0.227. The van der Waals surface area contributed by atoms with Gasteiger partial charge in [-0.15, -0.1) is 0 Å². The Labute approximate surface area is 113 Å². The summed E-state index contributed by atoms with van der Waals surface area (Å²) in [6.45, 7) is 0.471. The van der Waals surface area contributed by atoms with Crippen molar-refractivity contribution >= 4 is 23.4 Å². The minimum atomic E-state index is -4.22. The van der Waals surface area contributed by atoms with Gasteiger partial charge < -0.3 is 10.5 Å². The number of rotatable bonds is 6. The minimum Gasteiger partial charge on any atom is -0.491 e. The van der Waals surface area contributed by atoms with Crippen molar-refractivity contribution in [3.05, 3.63) is 28.8 Å². The number of hydrogen-bond donors (Lipinski definition) is 1. The molecule has 7 heteroatoms. The summed E-state index contributed by atoms with van der Waals surface area (Å²) in [5.41, 5.74) is 2.15. The maximum Gasteiger partial charge on any atom is 0.441 e. The fourth-order valence-corrected chi connectivity index (χ4v) is 1.95. The van der Waals surface area contributed by atoms with E-state index in [1.807, 2.05) is 0 Å². The Morgan fingerprint density at radius 1 is 1.33 bits per heavy atom. The quantitative estimate of drug-likeness (QED) is 0.817. The van der Waals surface area contributed by atoms with Crippen LogP contribution in [0.4, 0.5) is 13.2 Å². The molecular formula is C11H13ClF3NOS. The second kappa shape index (κ2) is 7.11. The molecule has 0 saturated heterocycles. The van der Waals surface area contributed by atoms with Crippen LogP contribution in [0.2, 0.25) is 5.02 Å². The van der Waals surface area contributed by atoms with Crippen LogP contribution in [0, 0.1) is 0 Å². The van der Waals surface area contributed by atoms with Crippen molar-refractivity contribution in [2.75, 3.05) is 18.9 Å². The van der Waals surface area contributed by atoms with Crippen LogP contribution in [0.15, 0.2) is 18.2 Å². The highest BCUT2D eigenvalue weighted by molar-refractivity contribution is 8.00. The molecule has 0 radical (unpaired) electrons. The van der Waals surface area contributed by atoms with Gasteiger partial charge >= 0.3 is 5.51 Å². The van der Waals surface area contributed by atoms with Gasteiger partial charge in [0.25, 0.3) is 0 Å². The van der Waals surface area contributed by atoms with Gasteiger partial charge in [-0.25, -0.2) is 0 Å². The van der Waals surface area contributed by atoms with Crippen LogP contribution in [0.3, 0.4) is 0 Å². The highest BCUT2D eigenvalue weighted by Crippen LogP contribution is 2.30. The van der Waals surface area contributed by atoms with Crippen molar-refractivity contribution < 1.29 is 17.9 Å². The van der Waals surface area contributed by atoms with Crippen LogP contribution < -0.4 is 10.5 Å². The van der Waals surface area contributed by atoms with Gasteiger partial charge in [-0.05, 0) is 42.4 Å². The van der Waals surface area contributed by atoms with Crippen LogP contribution in [0.5, 0.6) is 5.75 Å². The number of halogens is 4. The van der Waals surface area contributed by atoms with Crippen LogP contribution in [0.25, 0.3) is 0 Å². The number of ether oxygens (including phenoxy) is 1. The largest absolute Gasteiger partial charge is 0.491 e. The molecule has 0 unspecified atom stereocenters. The SMILES string of the molecule is NCCc1ccc(OCCSC(F)(F)F)c(Cl)c1. The molecule has 0 aliphatic heterocycles. The lowest BCUT2D eigenvalue weighted by Gasteiger charge is -2.10. The molecule has 0 bridgehead atoms. The normalized spacial score (nSPS) is 11.6. The van der Waals surface area contributed by atoms with Crippen LogP contribution in [0.1, 0.15) is 5.56 Å². The van der Waals surface area contributed by atoms with Gasteiger partial charge in [-0.2, -0.15) is 13.2 Å². The van der Waals surface area contributed by atoms with Crippen LogP contribution in [-0.2, 0) is 6.42 Å². The first-order valence-electron chi connectivity index (χ1n) is 5.24. The molecule has 0 saturated carbocycles. The first kappa shape index (κ1) is 15.5. The summed E-state index contributed by atoms with van der Waals surface area (Å²) in [6.07, 6.45) is 0.698. The monoisotopic (exact) mass is 299 g/mol. The van der Waals surface area contributed by atoms with E-state index in [-0.39, 0.29) is 24.1 Å². The Balaban J connectivity index is 2.43. The maximum atomic E-state index is 11.9. The molecule has 2 nitrogen and oxygen atoms in total. The van der Waals surface area contributed by atoms with E-state index < -0.39 is 5.51 Å². The van der Waals surface area contributed by atoms with Gasteiger partial charge in [0.1, 0.15) is 5.75 Å². The third kappa shape index (κ3) is 5.84. The van der Waals surface area contributed by atoms with E-state index in [4.69, 9.17) is 22.1 Å². The molecule has 0 amide bonds. The van der Waals surface area contributed by atoms with Crippen molar-refractivity contribution in [2.45, 2.75) is 11.9 Å². The number of nitrogens with two attached hydrogens (primary N) is 1. The molecular weight excluding hydrogens is 287 g/mol. The highest BCUT2D eigenvalue weighted by atomic mass is 35.5. The zero-order chi connectivity index (χ0) is 13.6. The van der Waals surface area contributed by atoms with Gasteiger partial charge in [0.15, 0.2) is 0 Å². The molecule has 2 N–H and O–H groups in total. The predicted molar refractivity (Wildman–Crippen MR) is 68.2 cm³/mol. The summed E-state index contributed by atoms with van der Waals surface area (Å²) in [5, 5.41) is 0.387. The van der Waals surface area contributed by atoms with Gasteiger partial charge in [-0.3, -0.25) is 0 Å². The standard InChI is InChI=1S/C11H13ClF3NOS/c12-9-7-8(3-4-16)1-2-10(9)17-5-6-18-11(13,14)15/h1-2,7H,3-6,16H2. The summed E-state index contributed by atoms with van der Waals surface area (Å²) >= 11 is 5.82. The molecule has 1 rings (SSSR count). The van der Waals surface area contributed by atoms with Crippen molar-refractivity contribution in [3.63, 3.8) is 0 Å². The van der Waals surface area contributed by atoms with E-state index in [0.717, 1.165) is 5.56 Å². The Bertz CT molecular complexity index is 387. The molecule has 1 aromatic carbocycles. The summed E-state index contributed by atoms with van der Waals surface area (Å²) in [4.78, 5) is 0. The van der Waals surface area contributed by atoms with E-state index in [9.17, 15) is 13.2 Å². The average Bonchev–Trinajstić information content (AvgIpc) is 2.26. The zero-order valence-corrected chi connectivity index (χ0v) is 11.0. The van der Waals surface area contributed by atoms with E-state index in [0.29, 0.717) is 23.7 Å². The molecule has 102 valence electrons. The fraction of sp³-hybridized carbons (Fsp3) is 0.455. The van der Waals surface area contributed by atoms with Crippen LogP contribution in [-0.4, -0.2) is 24.4 Å². The Kier molecular flexibility index (Phi) is 6.11. The fourth-order valence-electron chi connectivity index (χ4n) is 1.29. The smallest absolute Gasteiger partial charge is 0.441 e. The minimum absolute atomic E-state index is 0.0415. The highest BCUT2D eigenvalue weighted by Gasteiger charge is 2.27. The topological polar surface area (TPSA) is 35.2 Å². The Morgan fingerprint density at radius 3 is 2.61 bits per heavy atom. The lowest BCUT2D eigenvalue weighted by Crippen LogP contribution is -2.08. The Morgan fingerprint density at radius 2 is 2.06 bits per heavy atom. The van der Waals surface area contributed by atoms with Crippen LogP contribution >= 0.6 is 23.4 Å². The number of hydrogen-bond acceptors (Lipinski definition) is 3. The molecule has 0 aliphatic carbocycles. The Hall–Kier alpha value is -0.590. The molecule has 0 spiro atoms. The van der Waals surface area contributed by atoms with Crippen molar-refractivity contribution in [2.24, 2.45) is 5.73 Å². The van der Waals surface area contributed by atoms with Gasteiger partial charge in [0.2, 0.25) is 0 Å². The first-order valence-corrected chi connectivity index (χ1v) is 6.60. The molecule has 0 heterocycles. The third-order valence-corrected chi connectivity index (χ3v) is 3.03. The zero-order valence-electron chi connectivity index (χ0n) is 9.47. The average molecular weight is 300 g/mol. The molecule has 0 aliphatic rings. The second-order valence-corrected chi connectivity index (χ2v) is 5.01. The van der Waals surface area contributed by atoms with E-state index in [1.54, 1.807) is 18.2 Å². The number of thioether (sulfide) groups is 1. The lowest BCUT2D eigenvalue weighted by molar-refractivity contribution is -0.0329. The summed E-state index contributed by atoms with van der Waals surface area (Å²) < 4.78 is 40.8. The molecule has 0 aromatic heterocycles. The van der Waals surface area contributed by atoms with E-state index in [1.165, 1.54) is 0 Å². The summed E-state index contributed by atoms with van der Waals surface area (Å²) in [7, 11) is 0. The third-order valence-electron chi connectivity index (χ3n) is 2.04. The number of alkyl halides is 3. The van der Waals surface area contributed by atoms with Crippen molar-refractivity contribution in [3.8, 4) is 5.75 Å². The first-order chi connectivity index (χ1) is 8.42. The molecule has 1 aromatic rings. The summed E-state index contributed by atoms with van der Waals surface area (Å²) in [6, 6.07) is 5.15. The van der Waals surface area contributed by atoms with Crippen molar-refractivity contribution in [1.82, 2.24) is 0 Å².